The van der Waals surface area contributed by atoms with E-state index in [1.165, 1.54) is 16.7 Å². The highest BCUT2D eigenvalue weighted by Crippen LogP contribution is 2.32. The Bertz CT molecular complexity index is 1060. The number of aryl methyl sites for hydroxylation is 1. The number of amides is 1. The zero-order valence-corrected chi connectivity index (χ0v) is 15.9. The second kappa shape index (κ2) is 7.04. The summed E-state index contributed by atoms with van der Waals surface area (Å²) in [7, 11) is 1.69. The van der Waals surface area contributed by atoms with Gasteiger partial charge in [0, 0.05) is 18.0 Å². The van der Waals surface area contributed by atoms with Crippen molar-refractivity contribution >= 4 is 40.0 Å². The molecule has 4 rings (SSSR count). The molecule has 6 heteroatoms. The summed E-state index contributed by atoms with van der Waals surface area (Å²) < 4.78 is 5.41. The Morgan fingerprint density at radius 1 is 1.22 bits per heavy atom. The molecular weight excluding hydrogens is 360 g/mol. The SMILES string of the molecule is Cc1cc(SCC(=O)c2ccc3c(c2)N(C)C(=O)CO3)nc2ccccc12. The first-order valence-corrected chi connectivity index (χ1v) is 9.57. The number of fused-ring (bicyclic) bond motifs is 2. The van der Waals surface area contributed by atoms with E-state index < -0.39 is 0 Å². The van der Waals surface area contributed by atoms with Gasteiger partial charge in [0.1, 0.15) is 5.75 Å². The highest BCUT2D eigenvalue weighted by molar-refractivity contribution is 7.99. The number of aromatic nitrogens is 1. The third kappa shape index (κ3) is 3.40. The molecule has 0 fully saturated rings. The van der Waals surface area contributed by atoms with Crippen molar-refractivity contribution in [3.63, 3.8) is 0 Å². The lowest BCUT2D eigenvalue weighted by Gasteiger charge is -2.26. The number of hydrogen-bond acceptors (Lipinski definition) is 5. The molecule has 0 unspecified atom stereocenters. The fourth-order valence-electron chi connectivity index (χ4n) is 3.06. The van der Waals surface area contributed by atoms with Crippen LogP contribution in [0.25, 0.3) is 10.9 Å². The zero-order valence-electron chi connectivity index (χ0n) is 15.1. The number of carbonyl (C=O) groups is 2. The van der Waals surface area contributed by atoms with E-state index in [9.17, 15) is 9.59 Å². The number of ether oxygens (including phenoxy) is 1. The van der Waals surface area contributed by atoms with Gasteiger partial charge >= 0.3 is 0 Å². The van der Waals surface area contributed by atoms with Crippen molar-refractivity contribution in [1.82, 2.24) is 4.98 Å². The maximum absolute atomic E-state index is 12.6. The van der Waals surface area contributed by atoms with Crippen molar-refractivity contribution < 1.29 is 14.3 Å². The molecule has 1 aromatic heterocycles. The second-order valence-corrected chi connectivity index (χ2v) is 7.43. The minimum absolute atomic E-state index is 0.0122. The van der Waals surface area contributed by atoms with Crippen LogP contribution in [0.1, 0.15) is 15.9 Å². The molecule has 3 aromatic rings. The molecular formula is C21H18N2O3S. The average molecular weight is 378 g/mol. The smallest absolute Gasteiger partial charge is 0.264 e. The minimum Gasteiger partial charge on any atom is -0.482 e. The molecule has 0 radical (unpaired) electrons. The monoisotopic (exact) mass is 378 g/mol. The molecule has 0 aliphatic carbocycles. The molecule has 136 valence electrons. The van der Waals surface area contributed by atoms with Crippen molar-refractivity contribution in [2.75, 3.05) is 24.3 Å². The van der Waals surface area contributed by atoms with Gasteiger partial charge in [0.2, 0.25) is 0 Å². The van der Waals surface area contributed by atoms with Crippen molar-refractivity contribution in [1.29, 1.82) is 0 Å². The molecule has 5 nitrogen and oxygen atoms in total. The predicted molar refractivity (Wildman–Crippen MR) is 107 cm³/mol. The fraction of sp³-hybridized carbons (Fsp3) is 0.190. The molecule has 0 N–H and O–H groups in total. The van der Waals surface area contributed by atoms with Crippen molar-refractivity contribution in [2.45, 2.75) is 11.9 Å². The topological polar surface area (TPSA) is 59.5 Å². The van der Waals surface area contributed by atoms with E-state index in [2.05, 4.69) is 4.98 Å². The van der Waals surface area contributed by atoms with E-state index >= 15 is 0 Å². The zero-order chi connectivity index (χ0) is 19.0. The van der Waals surface area contributed by atoms with Crippen molar-refractivity contribution in [3.8, 4) is 5.75 Å². The number of carbonyl (C=O) groups excluding carboxylic acids is 2. The first kappa shape index (κ1) is 17.5. The van der Waals surface area contributed by atoms with Gasteiger partial charge in [-0.25, -0.2) is 4.98 Å². The fourth-order valence-corrected chi connectivity index (χ4v) is 3.93. The summed E-state index contributed by atoms with van der Waals surface area (Å²) in [4.78, 5) is 30.6. The average Bonchev–Trinajstić information content (AvgIpc) is 2.69. The number of nitrogens with zero attached hydrogens (tertiary/aromatic N) is 2. The first-order chi connectivity index (χ1) is 13.0. The summed E-state index contributed by atoms with van der Waals surface area (Å²) in [5.74, 6) is 0.759. The molecule has 2 heterocycles. The largest absolute Gasteiger partial charge is 0.482 e. The number of ketones is 1. The number of likely N-dealkylation sites (N-methyl/N-ethyl adjacent to an activating group) is 1. The molecule has 0 bridgehead atoms. The molecule has 0 saturated carbocycles. The Balaban J connectivity index is 1.53. The quantitative estimate of drug-likeness (QED) is 0.509. The Morgan fingerprint density at radius 2 is 2.04 bits per heavy atom. The van der Waals surface area contributed by atoms with E-state index in [4.69, 9.17) is 4.74 Å². The number of hydrogen-bond donors (Lipinski definition) is 0. The molecule has 27 heavy (non-hydrogen) atoms. The van der Waals surface area contributed by atoms with Gasteiger partial charge in [-0.15, -0.1) is 0 Å². The highest BCUT2D eigenvalue weighted by atomic mass is 32.2. The molecule has 2 aromatic carbocycles. The van der Waals surface area contributed by atoms with Gasteiger partial charge in [-0.2, -0.15) is 0 Å². The maximum Gasteiger partial charge on any atom is 0.264 e. The summed E-state index contributed by atoms with van der Waals surface area (Å²) >= 11 is 1.42. The molecule has 1 aliphatic heterocycles. The lowest BCUT2D eigenvalue weighted by atomic mass is 10.1. The standard InChI is InChI=1S/C21H18N2O3S/c1-13-9-20(22-16-6-4-3-5-15(13)16)27-12-18(24)14-7-8-19-17(10-14)23(2)21(25)11-26-19/h3-10H,11-12H2,1-2H3. The summed E-state index contributed by atoms with van der Waals surface area (Å²) in [6.45, 7) is 2.08. The van der Waals surface area contributed by atoms with Crippen molar-refractivity contribution in [2.24, 2.45) is 0 Å². The number of anilines is 1. The van der Waals surface area contributed by atoms with Crippen LogP contribution in [0, 0.1) is 6.92 Å². The van der Waals surface area contributed by atoms with Gasteiger partial charge in [0.15, 0.2) is 12.4 Å². The second-order valence-electron chi connectivity index (χ2n) is 6.43. The van der Waals surface area contributed by atoms with Gasteiger partial charge in [-0.3, -0.25) is 9.59 Å². The summed E-state index contributed by atoms with van der Waals surface area (Å²) in [5, 5.41) is 1.95. The number of para-hydroxylation sites is 1. The maximum atomic E-state index is 12.6. The van der Waals surface area contributed by atoms with Crippen LogP contribution in [-0.2, 0) is 4.79 Å². The van der Waals surface area contributed by atoms with Crippen LogP contribution in [-0.4, -0.2) is 36.1 Å². The Hall–Kier alpha value is -2.86. The molecule has 0 atom stereocenters. The van der Waals surface area contributed by atoms with Gasteiger partial charge in [0.25, 0.3) is 5.91 Å². The third-order valence-corrected chi connectivity index (χ3v) is 5.53. The Labute approximate surface area is 161 Å². The number of benzene rings is 2. The summed E-state index contributed by atoms with van der Waals surface area (Å²) in [6.07, 6.45) is 0. The lowest BCUT2D eigenvalue weighted by Crippen LogP contribution is -2.35. The van der Waals surface area contributed by atoms with Crippen LogP contribution >= 0.6 is 11.8 Å². The van der Waals surface area contributed by atoms with E-state index in [0.29, 0.717) is 17.0 Å². The van der Waals surface area contributed by atoms with E-state index in [0.717, 1.165) is 21.5 Å². The van der Waals surface area contributed by atoms with E-state index in [1.54, 1.807) is 25.2 Å². The Morgan fingerprint density at radius 3 is 2.89 bits per heavy atom. The van der Waals surface area contributed by atoms with Crippen LogP contribution in [0.2, 0.25) is 0 Å². The number of pyridine rings is 1. The van der Waals surface area contributed by atoms with Crippen molar-refractivity contribution in [3.05, 3.63) is 59.7 Å². The van der Waals surface area contributed by atoms with Crippen LogP contribution < -0.4 is 9.64 Å². The summed E-state index contributed by atoms with van der Waals surface area (Å²) in [6, 6.07) is 15.2. The molecule has 1 aliphatic rings. The molecule has 0 spiro atoms. The van der Waals surface area contributed by atoms with Crippen LogP contribution in [0.15, 0.2) is 53.6 Å². The number of rotatable bonds is 4. The molecule has 1 amide bonds. The van der Waals surface area contributed by atoms with Gasteiger partial charge < -0.3 is 9.64 Å². The minimum atomic E-state index is -0.127. The predicted octanol–water partition coefficient (Wildman–Crippen LogP) is 3.87. The van der Waals surface area contributed by atoms with Crippen LogP contribution in [0.5, 0.6) is 5.75 Å². The highest BCUT2D eigenvalue weighted by Gasteiger charge is 2.23. The third-order valence-electron chi connectivity index (χ3n) is 4.62. The van der Waals surface area contributed by atoms with Gasteiger partial charge in [0.05, 0.1) is 22.0 Å². The van der Waals surface area contributed by atoms with Gasteiger partial charge in [-0.1, -0.05) is 30.0 Å². The van der Waals surface area contributed by atoms with Crippen LogP contribution in [0.4, 0.5) is 5.69 Å². The summed E-state index contributed by atoms with van der Waals surface area (Å²) in [5.41, 5.74) is 3.26. The van der Waals surface area contributed by atoms with E-state index in [1.807, 2.05) is 37.3 Å². The number of Topliss-reactive ketones (excluding diaryl/α,β-unsaturated/α-hetero) is 1. The van der Waals surface area contributed by atoms with Crippen LogP contribution in [0.3, 0.4) is 0 Å². The van der Waals surface area contributed by atoms with E-state index in [-0.39, 0.29) is 24.1 Å². The lowest BCUT2D eigenvalue weighted by molar-refractivity contribution is -0.120. The Kier molecular flexibility index (Phi) is 4.58. The molecule has 0 saturated heterocycles. The normalized spacial score (nSPS) is 13.4. The number of thioether (sulfide) groups is 1. The van der Waals surface area contributed by atoms with Gasteiger partial charge in [-0.05, 0) is 42.8 Å². The first-order valence-electron chi connectivity index (χ1n) is 8.59.